The first-order valence-electron chi connectivity index (χ1n) is 11.5. The Morgan fingerprint density at radius 1 is 1.11 bits per heavy atom. The molecule has 0 amide bonds. The topological polar surface area (TPSA) is 103 Å². The smallest absolute Gasteiger partial charge is 0.335 e. The van der Waals surface area contributed by atoms with Gasteiger partial charge in [-0.3, -0.25) is 0 Å². The zero-order valence-corrected chi connectivity index (χ0v) is 20.9. The number of nitrogens with zero attached hydrogens (tertiary/aromatic N) is 2. The molecule has 0 aromatic heterocycles. The number of hydrogen-bond donors (Lipinski definition) is 3. The molecule has 0 saturated carbocycles. The van der Waals surface area contributed by atoms with Crippen molar-refractivity contribution in [1.82, 2.24) is 0 Å². The largest absolute Gasteiger partial charge is 0.494 e. The summed E-state index contributed by atoms with van der Waals surface area (Å²) in [4.78, 5) is 14.9. The zero-order valence-electron chi connectivity index (χ0n) is 20.9. The van der Waals surface area contributed by atoms with E-state index in [1.54, 1.807) is 29.2 Å². The fraction of sp³-hybridized carbons (Fsp3) is 0.259. The van der Waals surface area contributed by atoms with E-state index in [1.807, 2.05) is 32.6 Å². The molecule has 0 unspecified atom stereocenters. The second kappa shape index (κ2) is 10.2. The third-order valence-corrected chi connectivity index (χ3v) is 5.93. The number of carboxylic acid groups (broad SMARTS) is 1. The SMILES string of the molecule is CC.COc1cc(N2c3cc(C=N)c(N)c(F)c3N(c3ccc(C(=O)O)cc3)CC2(C)C)ccc1F. The van der Waals surface area contributed by atoms with Crippen LogP contribution in [0.1, 0.15) is 43.6 Å². The molecule has 0 bridgehead atoms. The quantitative estimate of drug-likeness (QED) is 0.281. The summed E-state index contributed by atoms with van der Waals surface area (Å²) in [5, 5.41) is 16.9. The average molecular weight is 497 g/mol. The van der Waals surface area contributed by atoms with Gasteiger partial charge in [-0.05, 0) is 56.3 Å². The number of nitrogens with two attached hydrogens (primary N) is 1. The number of aromatic carboxylic acids is 1. The number of hydrogen-bond acceptors (Lipinski definition) is 6. The molecule has 4 rings (SSSR count). The number of nitrogens with one attached hydrogen (secondary N) is 1. The fourth-order valence-corrected chi connectivity index (χ4v) is 4.35. The van der Waals surface area contributed by atoms with E-state index in [2.05, 4.69) is 0 Å². The standard InChI is InChI=1S/C25H24F2N4O3.C2H6/c1-25(2)13-30(16-6-4-14(5-7-16)24(32)33)23-19(10-15(12-28)22(29)21(23)27)31(25)17-8-9-18(26)20(11-17)34-3;1-2/h4-12,28H,13,29H2,1-3H3,(H,32,33);1-2H3. The lowest BCUT2D eigenvalue weighted by atomic mass is 9.92. The molecule has 0 radical (unpaired) electrons. The zero-order chi connectivity index (χ0) is 26.8. The minimum atomic E-state index is -1.06. The Labute approximate surface area is 209 Å². The minimum Gasteiger partial charge on any atom is -0.494 e. The van der Waals surface area contributed by atoms with E-state index in [0.717, 1.165) is 6.21 Å². The number of ether oxygens (including phenoxy) is 1. The number of halogens is 2. The van der Waals surface area contributed by atoms with E-state index >= 15 is 4.39 Å². The highest BCUT2D eigenvalue weighted by molar-refractivity contribution is 5.96. The molecule has 0 fully saturated rings. The Morgan fingerprint density at radius 2 is 1.72 bits per heavy atom. The molecular weight excluding hydrogens is 466 g/mol. The van der Waals surface area contributed by atoms with Gasteiger partial charge in [0.1, 0.15) is 5.69 Å². The van der Waals surface area contributed by atoms with Crippen molar-refractivity contribution in [3.63, 3.8) is 0 Å². The lowest BCUT2D eigenvalue weighted by molar-refractivity contribution is 0.0697. The van der Waals surface area contributed by atoms with E-state index in [0.29, 0.717) is 23.6 Å². The first kappa shape index (κ1) is 26.5. The van der Waals surface area contributed by atoms with Crippen LogP contribution >= 0.6 is 0 Å². The van der Waals surface area contributed by atoms with Crippen LogP contribution < -0.4 is 20.3 Å². The molecule has 7 nitrogen and oxygen atoms in total. The summed E-state index contributed by atoms with van der Waals surface area (Å²) < 4.78 is 35.0. The van der Waals surface area contributed by atoms with Crippen molar-refractivity contribution in [2.24, 2.45) is 0 Å². The maximum Gasteiger partial charge on any atom is 0.335 e. The number of rotatable bonds is 5. The summed E-state index contributed by atoms with van der Waals surface area (Å²) in [6, 6.07) is 12.2. The third-order valence-electron chi connectivity index (χ3n) is 5.93. The van der Waals surface area contributed by atoms with Gasteiger partial charge in [0.15, 0.2) is 17.4 Å². The molecule has 0 spiro atoms. The summed E-state index contributed by atoms with van der Waals surface area (Å²) in [7, 11) is 1.37. The minimum absolute atomic E-state index is 0.0460. The van der Waals surface area contributed by atoms with Gasteiger partial charge in [-0.2, -0.15) is 0 Å². The van der Waals surface area contributed by atoms with E-state index in [4.69, 9.17) is 15.9 Å². The van der Waals surface area contributed by atoms with Gasteiger partial charge in [-0.25, -0.2) is 13.6 Å². The normalized spacial score (nSPS) is 13.9. The van der Waals surface area contributed by atoms with Crippen LogP contribution in [0.2, 0.25) is 0 Å². The highest BCUT2D eigenvalue weighted by atomic mass is 19.1. The molecular formula is C27H30F2N4O3. The third kappa shape index (κ3) is 4.56. The van der Waals surface area contributed by atoms with Crippen LogP contribution in [0.3, 0.4) is 0 Å². The van der Waals surface area contributed by atoms with Crippen molar-refractivity contribution in [3.8, 4) is 5.75 Å². The highest BCUT2D eigenvalue weighted by Gasteiger charge is 2.41. The molecule has 1 heterocycles. The molecule has 9 heteroatoms. The molecule has 36 heavy (non-hydrogen) atoms. The van der Waals surface area contributed by atoms with Crippen molar-refractivity contribution >= 4 is 40.6 Å². The number of benzene rings is 3. The molecule has 4 N–H and O–H groups in total. The lowest BCUT2D eigenvalue weighted by Gasteiger charge is -2.50. The summed E-state index contributed by atoms with van der Waals surface area (Å²) in [6.45, 7) is 8.19. The maximum absolute atomic E-state index is 15.7. The average Bonchev–Trinajstić information content (AvgIpc) is 2.87. The van der Waals surface area contributed by atoms with Gasteiger partial charge >= 0.3 is 5.97 Å². The number of nitrogen functional groups attached to an aromatic ring is 1. The van der Waals surface area contributed by atoms with E-state index in [9.17, 15) is 14.3 Å². The molecule has 3 aromatic rings. The molecule has 0 aliphatic carbocycles. The molecule has 3 aromatic carbocycles. The predicted octanol–water partition coefficient (Wildman–Crippen LogP) is 6.35. The highest BCUT2D eigenvalue weighted by Crippen LogP contribution is 2.50. The van der Waals surface area contributed by atoms with Gasteiger partial charge in [-0.15, -0.1) is 0 Å². The van der Waals surface area contributed by atoms with Crippen LogP contribution in [0.15, 0.2) is 48.5 Å². The summed E-state index contributed by atoms with van der Waals surface area (Å²) in [6.07, 6.45) is 0.982. The molecule has 190 valence electrons. The van der Waals surface area contributed by atoms with Crippen molar-refractivity contribution < 1.29 is 23.4 Å². The Morgan fingerprint density at radius 3 is 2.28 bits per heavy atom. The Hall–Kier alpha value is -4.14. The number of carbonyl (C=O) groups is 1. The first-order valence-corrected chi connectivity index (χ1v) is 11.5. The van der Waals surface area contributed by atoms with Gasteiger partial charge in [0.25, 0.3) is 0 Å². The van der Waals surface area contributed by atoms with Crippen LogP contribution in [0.5, 0.6) is 5.75 Å². The predicted molar refractivity (Wildman–Crippen MR) is 140 cm³/mol. The van der Waals surface area contributed by atoms with E-state index in [-0.39, 0.29) is 28.3 Å². The van der Waals surface area contributed by atoms with Crippen LogP contribution in [-0.2, 0) is 0 Å². The summed E-state index contributed by atoms with van der Waals surface area (Å²) in [5.74, 6) is -2.24. The Balaban J connectivity index is 0.00000176. The van der Waals surface area contributed by atoms with Crippen molar-refractivity contribution in [2.75, 3.05) is 29.2 Å². The van der Waals surface area contributed by atoms with E-state index in [1.165, 1.54) is 31.4 Å². The second-order valence-electron chi connectivity index (χ2n) is 8.61. The van der Waals surface area contributed by atoms with Crippen LogP contribution in [0, 0.1) is 17.0 Å². The van der Waals surface area contributed by atoms with Crippen molar-refractivity contribution in [3.05, 3.63) is 71.3 Å². The monoisotopic (exact) mass is 496 g/mol. The van der Waals surface area contributed by atoms with Crippen molar-refractivity contribution in [2.45, 2.75) is 33.2 Å². The van der Waals surface area contributed by atoms with Gasteiger partial charge in [-0.1, -0.05) is 13.8 Å². The van der Waals surface area contributed by atoms with Crippen LogP contribution in [0.25, 0.3) is 0 Å². The Kier molecular flexibility index (Phi) is 7.52. The van der Waals surface area contributed by atoms with Gasteiger partial charge in [0, 0.05) is 35.8 Å². The molecule has 1 aliphatic heterocycles. The first-order chi connectivity index (χ1) is 17.1. The number of methoxy groups -OCH3 is 1. The number of carboxylic acids is 1. The molecule has 1 aliphatic rings. The number of anilines is 5. The molecule has 0 atom stereocenters. The second-order valence-corrected chi connectivity index (χ2v) is 8.61. The number of fused-ring (bicyclic) bond motifs is 1. The lowest BCUT2D eigenvalue weighted by Crippen LogP contribution is -2.53. The van der Waals surface area contributed by atoms with E-state index < -0.39 is 23.1 Å². The summed E-state index contributed by atoms with van der Waals surface area (Å²) in [5.41, 5.74) is 7.27. The Bertz CT molecular complexity index is 1290. The maximum atomic E-state index is 15.7. The van der Waals surface area contributed by atoms with Crippen LogP contribution in [-0.4, -0.2) is 36.5 Å². The van der Waals surface area contributed by atoms with Crippen LogP contribution in [0.4, 0.5) is 37.2 Å². The fourth-order valence-electron chi connectivity index (χ4n) is 4.35. The summed E-state index contributed by atoms with van der Waals surface area (Å²) >= 11 is 0. The van der Waals surface area contributed by atoms with Crippen molar-refractivity contribution in [1.29, 1.82) is 5.41 Å². The van der Waals surface area contributed by atoms with Gasteiger partial charge in [0.05, 0.1) is 29.6 Å². The van der Waals surface area contributed by atoms with Gasteiger partial charge in [0.2, 0.25) is 0 Å². The molecule has 0 saturated heterocycles. The van der Waals surface area contributed by atoms with Gasteiger partial charge < -0.3 is 30.8 Å².